The maximum Gasteiger partial charge on any atom is 0.261 e. The van der Waals surface area contributed by atoms with Crippen molar-refractivity contribution in [2.75, 3.05) is 24.7 Å². The molecule has 0 saturated heterocycles. The molecule has 0 bridgehead atoms. The summed E-state index contributed by atoms with van der Waals surface area (Å²) < 4.78 is 0. The van der Waals surface area contributed by atoms with E-state index in [0.717, 1.165) is 32.9 Å². The Morgan fingerprint density at radius 2 is 1.94 bits per heavy atom. The van der Waals surface area contributed by atoms with Crippen molar-refractivity contribution >= 4 is 45.0 Å². The number of aryl methyl sites for hydroxylation is 1. The number of carbonyl (C=O) groups excluding carboxylic acids is 1. The van der Waals surface area contributed by atoms with Gasteiger partial charge in [-0.2, -0.15) is 0 Å². The Kier molecular flexibility index (Phi) is 7.13. The van der Waals surface area contributed by atoms with E-state index in [9.17, 15) is 4.79 Å². The van der Waals surface area contributed by atoms with E-state index in [0.29, 0.717) is 12.6 Å². The van der Waals surface area contributed by atoms with Crippen molar-refractivity contribution in [2.45, 2.75) is 56.4 Å². The SMILES string of the molecule is CSc1ccc(CCNC(=O)c2sc3ncnc(N(C)C4CCCCC4)c3c2C)cc1. The number of nitrogens with zero attached hydrogens (tertiary/aromatic N) is 3. The van der Waals surface area contributed by atoms with Crippen LogP contribution >= 0.6 is 23.1 Å². The quantitative estimate of drug-likeness (QED) is 0.480. The number of nitrogens with one attached hydrogen (secondary N) is 1. The predicted molar refractivity (Wildman–Crippen MR) is 132 cm³/mol. The standard InChI is InChI=1S/C24H30N4OS2/c1-16-20-22(28(2)18-7-5-4-6-8-18)26-15-27-24(20)31-21(16)23(29)25-14-13-17-9-11-19(30-3)12-10-17/h9-12,15,18H,4-8,13-14H2,1-3H3,(H,25,29). The maximum atomic E-state index is 12.9. The van der Waals surface area contributed by atoms with Crippen LogP contribution in [0.3, 0.4) is 0 Å². The third-order valence-corrected chi connectivity index (χ3v) is 8.17. The third kappa shape index (κ3) is 4.88. The Hall–Kier alpha value is -2.12. The van der Waals surface area contributed by atoms with Crippen LogP contribution in [-0.4, -0.2) is 41.8 Å². The van der Waals surface area contributed by atoms with E-state index in [-0.39, 0.29) is 5.91 Å². The topological polar surface area (TPSA) is 58.1 Å². The van der Waals surface area contributed by atoms with Gasteiger partial charge in [0.05, 0.1) is 10.3 Å². The second-order valence-electron chi connectivity index (χ2n) is 8.19. The number of thioether (sulfide) groups is 1. The summed E-state index contributed by atoms with van der Waals surface area (Å²) in [5.41, 5.74) is 2.22. The number of anilines is 1. The van der Waals surface area contributed by atoms with Crippen LogP contribution in [0, 0.1) is 6.92 Å². The molecule has 4 rings (SSSR count). The van der Waals surface area contributed by atoms with Gasteiger partial charge in [0.15, 0.2) is 0 Å². The first-order valence-electron chi connectivity index (χ1n) is 11.0. The van der Waals surface area contributed by atoms with E-state index in [1.54, 1.807) is 18.1 Å². The molecule has 1 aromatic carbocycles. The molecule has 31 heavy (non-hydrogen) atoms. The van der Waals surface area contributed by atoms with Crippen molar-refractivity contribution < 1.29 is 4.79 Å². The summed E-state index contributed by atoms with van der Waals surface area (Å²) in [7, 11) is 2.14. The van der Waals surface area contributed by atoms with Crippen molar-refractivity contribution in [3.05, 3.63) is 46.6 Å². The van der Waals surface area contributed by atoms with Gasteiger partial charge in [-0.1, -0.05) is 31.4 Å². The Balaban J connectivity index is 1.48. The molecular formula is C24H30N4OS2. The Bertz CT molecular complexity index is 1040. The molecule has 1 amide bonds. The zero-order valence-electron chi connectivity index (χ0n) is 18.5. The fourth-order valence-corrected chi connectivity index (χ4v) is 5.84. The smallest absolute Gasteiger partial charge is 0.261 e. The monoisotopic (exact) mass is 454 g/mol. The van der Waals surface area contributed by atoms with Gasteiger partial charge in [0.1, 0.15) is 17.0 Å². The lowest BCUT2D eigenvalue weighted by atomic mass is 9.94. The minimum absolute atomic E-state index is 0.0208. The highest BCUT2D eigenvalue weighted by Crippen LogP contribution is 2.36. The van der Waals surface area contributed by atoms with Gasteiger partial charge in [0.25, 0.3) is 5.91 Å². The van der Waals surface area contributed by atoms with Crippen molar-refractivity contribution in [3.8, 4) is 0 Å². The number of amides is 1. The minimum Gasteiger partial charge on any atom is -0.356 e. The molecule has 5 nitrogen and oxygen atoms in total. The van der Waals surface area contributed by atoms with E-state index in [4.69, 9.17) is 0 Å². The predicted octanol–water partition coefficient (Wildman–Crippen LogP) is 5.46. The molecule has 3 aromatic rings. The third-order valence-electron chi connectivity index (χ3n) is 6.23. The van der Waals surface area contributed by atoms with E-state index in [2.05, 4.69) is 57.8 Å². The normalized spacial score (nSPS) is 14.7. The molecule has 0 aliphatic heterocycles. The molecule has 7 heteroatoms. The van der Waals surface area contributed by atoms with Gasteiger partial charge in [0.2, 0.25) is 0 Å². The number of fused-ring (bicyclic) bond motifs is 1. The molecule has 1 saturated carbocycles. The fourth-order valence-electron chi connectivity index (χ4n) is 4.37. The van der Waals surface area contributed by atoms with Gasteiger partial charge >= 0.3 is 0 Å². The van der Waals surface area contributed by atoms with Gasteiger partial charge in [-0.3, -0.25) is 4.79 Å². The Morgan fingerprint density at radius 3 is 2.65 bits per heavy atom. The summed E-state index contributed by atoms with van der Waals surface area (Å²) in [4.78, 5) is 27.2. The van der Waals surface area contributed by atoms with E-state index in [1.165, 1.54) is 53.9 Å². The van der Waals surface area contributed by atoms with Gasteiger partial charge < -0.3 is 10.2 Å². The highest BCUT2D eigenvalue weighted by molar-refractivity contribution is 7.98. The molecule has 1 N–H and O–H groups in total. The van der Waals surface area contributed by atoms with Crippen LogP contribution in [0.5, 0.6) is 0 Å². The molecular weight excluding hydrogens is 424 g/mol. The molecule has 0 unspecified atom stereocenters. The summed E-state index contributed by atoms with van der Waals surface area (Å²) in [6.45, 7) is 2.64. The minimum atomic E-state index is -0.0208. The van der Waals surface area contributed by atoms with E-state index >= 15 is 0 Å². The van der Waals surface area contributed by atoms with Gasteiger partial charge in [0, 0.05) is 24.5 Å². The van der Waals surface area contributed by atoms with Crippen molar-refractivity contribution in [3.63, 3.8) is 0 Å². The number of hydrogen-bond donors (Lipinski definition) is 1. The van der Waals surface area contributed by atoms with Crippen molar-refractivity contribution in [1.29, 1.82) is 0 Å². The number of rotatable bonds is 7. The Labute approximate surface area is 192 Å². The first-order chi connectivity index (χ1) is 15.1. The van der Waals surface area contributed by atoms with Crippen LogP contribution in [0.1, 0.15) is 52.9 Å². The maximum absolute atomic E-state index is 12.9. The zero-order valence-corrected chi connectivity index (χ0v) is 20.1. The highest BCUT2D eigenvalue weighted by atomic mass is 32.2. The van der Waals surface area contributed by atoms with Crippen LogP contribution < -0.4 is 10.2 Å². The number of carbonyl (C=O) groups is 1. The van der Waals surface area contributed by atoms with Crippen LogP contribution in [-0.2, 0) is 6.42 Å². The molecule has 1 aliphatic carbocycles. The summed E-state index contributed by atoms with van der Waals surface area (Å²) in [5.74, 6) is 0.936. The molecule has 1 fully saturated rings. The lowest BCUT2D eigenvalue weighted by molar-refractivity contribution is 0.0957. The highest BCUT2D eigenvalue weighted by Gasteiger charge is 2.24. The van der Waals surface area contributed by atoms with Crippen molar-refractivity contribution in [1.82, 2.24) is 15.3 Å². The van der Waals surface area contributed by atoms with Crippen LogP contribution in [0.2, 0.25) is 0 Å². The molecule has 1 aliphatic rings. The fraction of sp³-hybridized carbons (Fsp3) is 0.458. The lowest BCUT2D eigenvalue weighted by Crippen LogP contribution is -2.34. The average Bonchev–Trinajstić information content (AvgIpc) is 3.16. The molecule has 2 aromatic heterocycles. The Morgan fingerprint density at radius 1 is 1.19 bits per heavy atom. The zero-order chi connectivity index (χ0) is 21.8. The summed E-state index contributed by atoms with van der Waals surface area (Å²) >= 11 is 3.21. The summed E-state index contributed by atoms with van der Waals surface area (Å²) in [5, 5.41) is 4.12. The molecule has 0 atom stereocenters. The van der Waals surface area contributed by atoms with Gasteiger partial charge in [-0.15, -0.1) is 23.1 Å². The lowest BCUT2D eigenvalue weighted by Gasteiger charge is -2.32. The largest absolute Gasteiger partial charge is 0.356 e. The van der Waals surface area contributed by atoms with Crippen molar-refractivity contribution in [2.24, 2.45) is 0 Å². The summed E-state index contributed by atoms with van der Waals surface area (Å²) in [6.07, 6.45) is 10.8. The first kappa shape index (κ1) is 22.1. The number of thiophene rings is 1. The second-order valence-corrected chi connectivity index (χ2v) is 10.1. The van der Waals surface area contributed by atoms with Gasteiger partial charge in [-0.25, -0.2) is 9.97 Å². The van der Waals surface area contributed by atoms with Crippen LogP contribution in [0.4, 0.5) is 5.82 Å². The number of benzene rings is 1. The molecule has 2 heterocycles. The van der Waals surface area contributed by atoms with E-state index < -0.39 is 0 Å². The van der Waals surface area contributed by atoms with Gasteiger partial charge in [-0.05, 0) is 55.7 Å². The molecule has 0 spiro atoms. The second kappa shape index (κ2) is 10.0. The van der Waals surface area contributed by atoms with E-state index in [1.807, 2.05) is 6.92 Å². The van der Waals surface area contributed by atoms with Crippen LogP contribution in [0.15, 0.2) is 35.5 Å². The molecule has 164 valence electrons. The molecule has 0 radical (unpaired) electrons. The number of hydrogen-bond acceptors (Lipinski definition) is 6. The number of aromatic nitrogens is 2. The first-order valence-corrected chi connectivity index (χ1v) is 13.0. The average molecular weight is 455 g/mol. The summed E-state index contributed by atoms with van der Waals surface area (Å²) in [6, 6.07) is 9.03. The van der Waals surface area contributed by atoms with Crippen LogP contribution in [0.25, 0.3) is 10.2 Å².